The predicted octanol–water partition coefficient (Wildman–Crippen LogP) is 10.1. The number of unbranched alkanes of at least 4 members (excludes halogenated alkanes) is 7. The number of amides is 1. The van der Waals surface area contributed by atoms with Crippen LogP contribution in [-0.4, -0.2) is 33.8 Å². The molecular formula is C41H57N5O2S. The third-order valence-electron chi connectivity index (χ3n) is 8.75. The molecule has 0 aliphatic carbocycles. The average molecular weight is 684 g/mol. The van der Waals surface area contributed by atoms with Crippen LogP contribution in [0.4, 0.5) is 5.69 Å². The molecule has 0 bridgehead atoms. The SMILES string of the molecule is CCCCCCCOc1cc(Sc2nnc(-c3ccc(C(C)(C)C)cc3)n2C)ccc1CNc1ccc(CC(=O)NCCCCCC)cc1. The lowest BCUT2D eigenvalue weighted by Gasteiger charge is -2.19. The van der Waals surface area contributed by atoms with E-state index in [0.717, 1.165) is 63.4 Å². The van der Waals surface area contributed by atoms with Gasteiger partial charge in [0, 0.05) is 41.8 Å². The third-order valence-corrected chi connectivity index (χ3v) is 9.78. The van der Waals surface area contributed by atoms with Gasteiger partial charge in [0.25, 0.3) is 0 Å². The lowest BCUT2D eigenvalue weighted by molar-refractivity contribution is -0.120. The summed E-state index contributed by atoms with van der Waals surface area (Å²) in [5.74, 6) is 1.82. The molecule has 2 N–H and O–H groups in total. The Balaban J connectivity index is 1.40. The maximum absolute atomic E-state index is 12.4. The number of benzene rings is 3. The predicted molar refractivity (Wildman–Crippen MR) is 205 cm³/mol. The Bertz CT molecular complexity index is 1580. The van der Waals surface area contributed by atoms with Gasteiger partial charge in [-0.2, -0.15) is 0 Å². The van der Waals surface area contributed by atoms with E-state index in [-0.39, 0.29) is 11.3 Å². The van der Waals surface area contributed by atoms with E-state index in [2.05, 4.69) is 102 Å². The first-order chi connectivity index (χ1) is 23.7. The number of anilines is 1. The molecule has 0 spiro atoms. The number of ether oxygens (including phenoxy) is 1. The van der Waals surface area contributed by atoms with Crippen LogP contribution in [-0.2, 0) is 30.2 Å². The molecule has 0 aliphatic heterocycles. The number of hydrogen-bond donors (Lipinski definition) is 2. The van der Waals surface area contributed by atoms with Crippen molar-refractivity contribution in [3.05, 3.63) is 83.4 Å². The molecule has 7 nitrogen and oxygen atoms in total. The standard InChI is InChI=1S/C41H57N5O2S/c1-7-9-11-13-15-27-48-37-29-36(49-40-45-44-39(46(40)6)32-18-21-34(22-19-32)41(3,4)5)25-20-33(37)30-43-35-23-16-31(17-24-35)28-38(47)42-26-14-12-10-8-2/h16-25,29,43H,7-15,26-28,30H2,1-6H3,(H,42,47). The Labute approximate surface area is 299 Å². The lowest BCUT2D eigenvalue weighted by Crippen LogP contribution is -2.26. The van der Waals surface area contributed by atoms with Gasteiger partial charge in [-0.05, 0) is 65.4 Å². The summed E-state index contributed by atoms with van der Waals surface area (Å²) < 4.78 is 8.46. The van der Waals surface area contributed by atoms with Gasteiger partial charge < -0.3 is 19.9 Å². The lowest BCUT2D eigenvalue weighted by atomic mass is 9.87. The van der Waals surface area contributed by atoms with Crippen molar-refractivity contribution in [1.82, 2.24) is 20.1 Å². The summed E-state index contributed by atoms with van der Waals surface area (Å²) in [6.45, 7) is 13.2. The summed E-state index contributed by atoms with van der Waals surface area (Å²) in [5.41, 5.74) is 5.58. The smallest absolute Gasteiger partial charge is 0.224 e. The number of nitrogens with one attached hydrogen (secondary N) is 2. The summed E-state index contributed by atoms with van der Waals surface area (Å²) in [5, 5.41) is 16.5. The van der Waals surface area contributed by atoms with E-state index in [1.807, 2.05) is 31.3 Å². The van der Waals surface area contributed by atoms with Gasteiger partial charge in [-0.3, -0.25) is 4.79 Å². The average Bonchev–Trinajstić information content (AvgIpc) is 3.45. The third kappa shape index (κ3) is 12.2. The summed E-state index contributed by atoms with van der Waals surface area (Å²) in [4.78, 5) is 13.4. The Morgan fingerprint density at radius 3 is 2.22 bits per heavy atom. The Morgan fingerprint density at radius 1 is 0.837 bits per heavy atom. The Morgan fingerprint density at radius 2 is 1.53 bits per heavy atom. The Kier molecular flexibility index (Phi) is 15.1. The molecule has 264 valence electrons. The van der Waals surface area contributed by atoms with Gasteiger partial charge in [-0.15, -0.1) is 10.2 Å². The molecule has 0 radical (unpaired) electrons. The monoisotopic (exact) mass is 683 g/mol. The van der Waals surface area contributed by atoms with E-state index < -0.39 is 0 Å². The van der Waals surface area contributed by atoms with Gasteiger partial charge in [0.1, 0.15) is 5.75 Å². The second kappa shape index (κ2) is 19.4. The topological polar surface area (TPSA) is 81.1 Å². The van der Waals surface area contributed by atoms with Crippen LogP contribution < -0.4 is 15.4 Å². The van der Waals surface area contributed by atoms with Crippen LogP contribution in [0.3, 0.4) is 0 Å². The Hall–Kier alpha value is -3.78. The first-order valence-corrected chi connectivity index (χ1v) is 19.0. The molecule has 49 heavy (non-hydrogen) atoms. The molecule has 8 heteroatoms. The molecule has 1 heterocycles. The normalized spacial score (nSPS) is 11.5. The highest BCUT2D eigenvalue weighted by Crippen LogP contribution is 2.34. The van der Waals surface area contributed by atoms with Gasteiger partial charge in [-0.1, -0.05) is 122 Å². The maximum Gasteiger partial charge on any atom is 0.224 e. The van der Waals surface area contributed by atoms with Crippen LogP contribution >= 0.6 is 11.8 Å². The summed E-state index contributed by atoms with van der Waals surface area (Å²) in [7, 11) is 2.02. The van der Waals surface area contributed by atoms with E-state index in [9.17, 15) is 4.79 Å². The fraction of sp³-hybridized carbons (Fsp3) is 0.488. The number of nitrogens with zero attached hydrogens (tertiary/aromatic N) is 3. The first kappa shape index (κ1) is 38.0. The zero-order chi connectivity index (χ0) is 35.1. The molecule has 0 fully saturated rings. The van der Waals surface area contributed by atoms with Crippen molar-refractivity contribution in [2.24, 2.45) is 7.05 Å². The largest absolute Gasteiger partial charge is 0.493 e. The van der Waals surface area contributed by atoms with Gasteiger partial charge in [0.05, 0.1) is 13.0 Å². The molecule has 1 aromatic heterocycles. The number of aromatic nitrogens is 3. The van der Waals surface area contributed by atoms with Gasteiger partial charge in [0.2, 0.25) is 5.91 Å². The zero-order valence-electron chi connectivity index (χ0n) is 30.6. The molecule has 0 atom stereocenters. The van der Waals surface area contributed by atoms with Crippen molar-refractivity contribution in [3.63, 3.8) is 0 Å². The molecule has 0 unspecified atom stereocenters. The van der Waals surface area contributed by atoms with Crippen molar-refractivity contribution < 1.29 is 9.53 Å². The summed E-state index contributed by atoms with van der Waals surface area (Å²) >= 11 is 1.60. The highest BCUT2D eigenvalue weighted by atomic mass is 32.2. The van der Waals surface area contributed by atoms with E-state index in [1.165, 1.54) is 50.5 Å². The van der Waals surface area contributed by atoms with E-state index in [1.54, 1.807) is 11.8 Å². The van der Waals surface area contributed by atoms with E-state index in [4.69, 9.17) is 4.74 Å². The fourth-order valence-electron chi connectivity index (χ4n) is 5.61. The van der Waals surface area contributed by atoms with Crippen molar-refractivity contribution >= 4 is 23.4 Å². The minimum Gasteiger partial charge on any atom is -0.493 e. The van der Waals surface area contributed by atoms with Crippen LogP contribution in [0.2, 0.25) is 0 Å². The van der Waals surface area contributed by atoms with Crippen LogP contribution in [0.1, 0.15) is 109 Å². The molecule has 0 saturated carbocycles. The maximum atomic E-state index is 12.4. The van der Waals surface area contributed by atoms with Gasteiger partial charge in [-0.25, -0.2) is 0 Å². The highest BCUT2D eigenvalue weighted by molar-refractivity contribution is 7.99. The minimum absolute atomic E-state index is 0.0824. The quantitative estimate of drug-likeness (QED) is 0.0903. The number of carbonyl (C=O) groups excluding carboxylic acids is 1. The van der Waals surface area contributed by atoms with Crippen molar-refractivity contribution in [1.29, 1.82) is 0 Å². The summed E-state index contributed by atoms with van der Waals surface area (Å²) in [6, 6.07) is 23.2. The highest BCUT2D eigenvalue weighted by Gasteiger charge is 2.17. The van der Waals surface area contributed by atoms with Crippen LogP contribution in [0, 0.1) is 0 Å². The van der Waals surface area contributed by atoms with E-state index in [0.29, 0.717) is 19.6 Å². The number of hydrogen-bond acceptors (Lipinski definition) is 6. The number of carbonyl (C=O) groups is 1. The van der Waals surface area contributed by atoms with Crippen LogP contribution in [0.15, 0.2) is 76.8 Å². The molecule has 0 saturated heterocycles. The second-order valence-corrected chi connectivity index (χ2v) is 15.0. The van der Waals surface area contributed by atoms with Crippen molar-refractivity contribution in [3.8, 4) is 17.1 Å². The van der Waals surface area contributed by atoms with Crippen LogP contribution in [0.25, 0.3) is 11.4 Å². The number of rotatable bonds is 20. The second-order valence-electron chi connectivity index (χ2n) is 14.0. The van der Waals surface area contributed by atoms with E-state index >= 15 is 0 Å². The van der Waals surface area contributed by atoms with Gasteiger partial charge >= 0.3 is 0 Å². The molecule has 3 aromatic carbocycles. The first-order valence-electron chi connectivity index (χ1n) is 18.2. The fourth-order valence-corrected chi connectivity index (χ4v) is 6.43. The van der Waals surface area contributed by atoms with Crippen molar-refractivity contribution in [2.45, 2.75) is 121 Å². The molecular weight excluding hydrogens is 627 g/mol. The molecule has 4 rings (SSSR count). The summed E-state index contributed by atoms with van der Waals surface area (Å²) in [6.07, 6.45) is 11.0. The molecule has 0 aliphatic rings. The van der Waals surface area contributed by atoms with Crippen molar-refractivity contribution in [2.75, 3.05) is 18.5 Å². The van der Waals surface area contributed by atoms with Crippen LogP contribution in [0.5, 0.6) is 5.75 Å². The van der Waals surface area contributed by atoms with Gasteiger partial charge in [0.15, 0.2) is 11.0 Å². The molecule has 4 aromatic rings. The zero-order valence-corrected chi connectivity index (χ0v) is 31.4. The minimum atomic E-state index is 0.0824. The molecule has 1 amide bonds.